The molecule has 0 aliphatic heterocycles. The summed E-state index contributed by atoms with van der Waals surface area (Å²) in [7, 11) is 1.37. The highest BCUT2D eigenvalue weighted by molar-refractivity contribution is 9.10. The van der Waals surface area contributed by atoms with Gasteiger partial charge in [0.05, 0.1) is 18.2 Å². The number of amides is 1. The molecule has 1 amide bonds. The van der Waals surface area contributed by atoms with Crippen molar-refractivity contribution in [3.63, 3.8) is 0 Å². The zero-order valence-corrected chi connectivity index (χ0v) is 18.4. The van der Waals surface area contributed by atoms with Gasteiger partial charge in [0, 0.05) is 27.7 Å². The molecule has 10 heteroatoms. The predicted molar refractivity (Wildman–Crippen MR) is 121 cm³/mol. The SMILES string of the molecule is COc1cc(C(=O)NN=Cc2cc([N+](=O)[O-])ccc2OCc2ccc(Br)cc2)ccc1O. The third-order valence-corrected chi connectivity index (χ3v) is 4.85. The standard InChI is InChI=1S/C22H18BrN3O6/c1-31-21-11-15(4-8-19(21)27)22(28)25-24-12-16-10-18(26(29)30)7-9-20(16)32-13-14-2-5-17(23)6-3-14/h2-12,27H,13H2,1H3,(H,25,28). The van der Waals surface area contributed by atoms with Crippen molar-refractivity contribution in [3.8, 4) is 17.2 Å². The lowest BCUT2D eigenvalue weighted by atomic mass is 10.2. The molecular weight excluding hydrogens is 482 g/mol. The minimum absolute atomic E-state index is 0.100. The van der Waals surface area contributed by atoms with Crippen LogP contribution >= 0.6 is 15.9 Å². The number of hydrogen-bond acceptors (Lipinski definition) is 7. The van der Waals surface area contributed by atoms with Gasteiger partial charge in [-0.25, -0.2) is 5.43 Å². The normalized spacial score (nSPS) is 10.7. The molecule has 32 heavy (non-hydrogen) atoms. The number of aromatic hydroxyl groups is 1. The van der Waals surface area contributed by atoms with Crippen molar-refractivity contribution in [2.45, 2.75) is 6.61 Å². The number of non-ortho nitro benzene ring substituents is 1. The summed E-state index contributed by atoms with van der Waals surface area (Å²) in [6.07, 6.45) is 1.26. The minimum Gasteiger partial charge on any atom is -0.504 e. The van der Waals surface area contributed by atoms with Crippen LogP contribution in [0.5, 0.6) is 17.2 Å². The van der Waals surface area contributed by atoms with Gasteiger partial charge >= 0.3 is 0 Å². The topological polar surface area (TPSA) is 123 Å². The van der Waals surface area contributed by atoms with Gasteiger partial charge in [-0.05, 0) is 42.0 Å². The number of phenolic OH excluding ortho intramolecular Hbond substituents is 1. The third kappa shape index (κ3) is 5.82. The van der Waals surface area contributed by atoms with Gasteiger partial charge in [0.15, 0.2) is 11.5 Å². The van der Waals surface area contributed by atoms with Gasteiger partial charge < -0.3 is 14.6 Å². The summed E-state index contributed by atoms with van der Waals surface area (Å²) in [5.41, 5.74) is 3.63. The number of benzene rings is 3. The number of nitro benzene ring substituents is 1. The van der Waals surface area contributed by atoms with Crippen molar-refractivity contribution in [3.05, 3.63) is 91.9 Å². The summed E-state index contributed by atoms with van der Waals surface area (Å²) in [5.74, 6) is -0.147. The molecule has 0 aromatic heterocycles. The highest BCUT2D eigenvalue weighted by atomic mass is 79.9. The fourth-order valence-corrected chi connectivity index (χ4v) is 2.93. The molecule has 3 aromatic rings. The number of halogens is 1. The largest absolute Gasteiger partial charge is 0.504 e. The average molecular weight is 500 g/mol. The minimum atomic E-state index is -0.553. The van der Waals surface area contributed by atoms with Gasteiger partial charge in [-0.3, -0.25) is 14.9 Å². The van der Waals surface area contributed by atoms with E-state index in [4.69, 9.17) is 9.47 Å². The molecule has 3 aromatic carbocycles. The molecule has 164 valence electrons. The number of nitrogens with zero attached hydrogens (tertiary/aromatic N) is 2. The Labute approximate surface area is 191 Å². The first-order valence-corrected chi connectivity index (χ1v) is 10.0. The quantitative estimate of drug-likeness (QED) is 0.268. The first-order valence-electron chi connectivity index (χ1n) is 9.23. The Balaban J connectivity index is 1.76. The smallest absolute Gasteiger partial charge is 0.271 e. The first kappa shape index (κ1) is 22.8. The van der Waals surface area contributed by atoms with Crippen molar-refractivity contribution in [1.82, 2.24) is 5.43 Å². The molecule has 0 unspecified atom stereocenters. The van der Waals surface area contributed by atoms with E-state index in [0.29, 0.717) is 11.3 Å². The van der Waals surface area contributed by atoms with Gasteiger partial charge in [0.25, 0.3) is 11.6 Å². The Morgan fingerprint density at radius 2 is 1.91 bits per heavy atom. The Kier molecular flexibility index (Phi) is 7.40. The second kappa shape index (κ2) is 10.4. The zero-order valence-electron chi connectivity index (χ0n) is 16.8. The van der Waals surface area contributed by atoms with Crippen molar-refractivity contribution < 1.29 is 24.3 Å². The van der Waals surface area contributed by atoms with E-state index in [0.717, 1.165) is 10.0 Å². The van der Waals surface area contributed by atoms with Crippen molar-refractivity contribution >= 4 is 33.7 Å². The van der Waals surface area contributed by atoms with E-state index >= 15 is 0 Å². The molecule has 0 atom stereocenters. The van der Waals surface area contributed by atoms with Gasteiger partial charge in [-0.2, -0.15) is 5.10 Å². The number of carbonyl (C=O) groups excluding carboxylic acids is 1. The number of rotatable bonds is 8. The number of hydrazone groups is 1. The van der Waals surface area contributed by atoms with E-state index in [1.807, 2.05) is 24.3 Å². The molecule has 0 fully saturated rings. The number of phenols is 1. The number of nitrogens with one attached hydrogen (secondary N) is 1. The Morgan fingerprint density at radius 3 is 2.59 bits per heavy atom. The Morgan fingerprint density at radius 1 is 1.16 bits per heavy atom. The van der Waals surface area contributed by atoms with Crippen LogP contribution in [0.3, 0.4) is 0 Å². The predicted octanol–water partition coefficient (Wildman–Crippen LogP) is 4.41. The maximum absolute atomic E-state index is 12.3. The lowest BCUT2D eigenvalue weighted by Crippen LogP contribution is -2.17. The highest BCUT2D eigenvalue weighted by Crippen LogP contribution is 2.26. The molecule has 3 rings (SSSR count). The molecule has 0 spiro atoms. The van der Waals surface area contributed by atoms with Gasteiger partial charge in [0.2, 0.25) is 0 Å². The lowest BCUT2D eigenvalue weighted by molar-refractivity contribution is -0.384. The number of hydrogen-bond donors (Lipinski definition) is 2. The maximum atomic E-state index is 12.3. The van der Waals surface area contributed by atoms with E-state index in [2.05, 4.69) is 26.5 Å². The van der Waals surface area contributed by atoms with E-state index in [9.17, 15) is 20.0 Å². The van der Waals surface area contributed by atoms with Gasteiger partial charge in [-0.15, -0.1) is 0 Å². The summed E-state index contributed by atoms with van der Waals surface area (Å²) >= 11 is 3.37. The highest BCUT2D eigenvalue weighted by Gasteiger charge is 2.12. The summed E-state index contributed by atoms with van der Waals surface area (Å²) in [6.45, 7) is 0.242. The van der Waals surface area contributed by atoms with E-state index in [1.54, 1.807) is 0 Å². The van der Waals surface area contributed by atoms with E-state index in [1.165, 1.54) is 49.7 Å². The van der Waals surface area contributed by atoms with Crippen LogP contribution in [-0.2, 0) is 6.61 Å². The zero-order chi connectivity index (χ0) is 23.1. The van der Waals surface area contributed by atoms with Crippen molar-refractivity contribution in [1.29, 1.82) is 0 Å². The first-order chi connectivity index (χ1) is 15.4. The lowest BCUT2D eigenvalue weighted by Gasteiger charge is -2.09. The molecule has 0 aliphatic rings. The summed E-state index contributed by atoms with van der Waals surface area (Å²) in [4.78, 5) is 22.9. The monoisotopic (exact) mass is 499 g/mol. The maximum Gasteiger partial charge on any atom is 0.271 e. The van der Waals surface area contributed by atoms with Crippen molar-refractivity contribution in [2.24, 2.45) is 5.10 Å². The van der Waals surface area contributed by atoms with Crippen LogP contribution in [0.25, 0.3) is 0 Å². The summed E-state index contributed by atoms with van der Waals surface area (Å²) in [6, 6.07) is 15.7. The fraction of sp³-hybridized carbons (Fsp3) is 0.0909. The fourth-order valence-electron chi connectivity index (χ4n) is 2.67. The molecule has 0 heterocycles. The molecule has 0 saturated heterocycles. The molecular formula is C22H18BrN3O6. The van der Waals surface area contributed by atoms with Crippen LogP contribution in [0.4, 0.5) is 5.69 Å². The molecule has 0 bridgehead atoms. The van der Waals surface area contributed by atoms with Gasteiger partial charge in [-0.1, -0.05) is 28.1 Å². The second-order valence-corrected chi connectivity index (χ2v) is 7.40. The second-order valence-electron chi connectivity index (χ2n) is 6.48. The average Bonchev–Trinajstić information content (AvgIpc) is 2.79. The molecule has 9 nitrogen and oxygen atoms in total. The van der Waals surface area contributed by atoms with Gasteiger partial charge in [0.1, 0.15) is 12.4 Å². The molecule has 0 saturated carbocycles. The Hall–Kier alpha value is -3.92. The van der Waals surface area contributed by atoms with Crippen LogP contribution < -0.4 is 14.9 Å². The van der Waals surface area contributed by atoms with Crippen LogP contribution in [0.2, 0.25) is 0 Å². The van der Waals surface area contributed by atoms with Crippen LogP contribution in [0.15, 0.2) is 70.2 Å². The number of nitro groups is 1. The summed E-state index contributed by atoms with van der Waals surface area (Å²) < 4.78 is 11.7. The number of methoxy groups -OCH3 is 1. The summed E-state index contributed by atoms with van der Waals surface area (Å²) in [5, 5.41) is 24.7. The van der Waals surface area contributed by atoms with Crippen LogP contribution in [0, 0.1) is 10.1 Å². The number of ether oxygens (including phenoxy) is 2. The Bertz CT molecular complexity index is 1160. The van der Waals surface area contributed by atoms with Crippen LogP contribution in [0.1, 0.15) is 21.5 Å². The molecule has 0 radical (unpaired) electrons. The third-order valence-electron chi connectivity index (χ3n) is 4.32. The molecule has 2 N–H and O–H groups in total. The number of carbonyl (C=O) groups is 1. The molecule has 0 aliphatic carbocycles. The van der Waals surface area contributed by atoms with E-state index < -0.39 is 10.8 Å². The van der Waals surface area contributed by atoms with Crippen molar-refractivity contribution in [2.75, 3.05) is 7.11 Å². The van der Waals surface area contributed by atoms with E-state index in [-0.39, 0.29) is 29.4 Å². The van der Waals surface area contributed by atoms with Crippen LogP contribution in [-0.4, -0.2) is 29.3 Å².